The highest BCUT2D eigenvalue weighted by Gasteiger charge is 2.39. The third-order valence-corrected chi connectivity index (χ3v) is 7.41. The van der Waals surface area contributed by atoms with Gasteiger partial charge in [-0.2, -0.15) is 13.2 Å². The number of benzene rings is 3. The van der Waals surface area contributed by atoms with Crippen molar-refractivity contribution in [2.45, 2.75) is 58.2 Å². The molecule has 6 nitrogen and oxygen atoms in total. The van der Waals surface area contributed by atoms with Crippen LogP contribution in [0.4, 0.5) is 24.5 Å². The van der Waals surface area contributed by atoms with E-state index in [4.69, 9.17) is 5.73 Å². The first-order valence-electron chi connectivity index (χ1n) is 13.2. The number of imide groups is 1. The minimum Gasteiger partial charge on any atom is -0.398 e. The molecule has 0 aliphatic carbocycles. The molecular weight excluding hydrogens is 519 g/mol. The SMILES string of the molecule is CCC(C)C[C@H](NC(=O)Cc1cccc(C(F)(F)F)c1)C(=O)N1C(=O)C(C)c2ccccc2-c2c(N)cccc21. The van der Waals surface area contributed by atoms with Crippen molar-refractivity contribution in [3.05, 3.63) is 83.4 Å². The van der Waals surface area contributed by atoms with Crippen molar-refractivity contribution in [1.82, 2.24) is 5.32 Å². The zero-order valence-electron chi connectivity index (χ0n) is 22.6. The summed E-state index contributed by atoms with van der Waals surface area (Å²) in [5, 5.41) is 2.71. The van der Waals surface area contributed by atoms with Crippen molar-refractivity contribution in [2.24, 2.45) is 5.92 Å². The average molecular weight is 552 g/mol. The molecule has 1 aliphatic heterocycles. The van der Waals surface area contributed by atoms with E-state index in [0.29, 0.717) is 23.4 Å². The maximum atomic E-state index is 14.2. The molecule has 0 radical (unpaired) electrons. The van der Waals surface area contributed by atoms with Crippen molar-refractivity contribution in [3.8, 4) is 11.1 Å². The second kappa shape index (κ2) is 11.5. The van der Waals surface area contributed by atoms with Gasteiger partial charge in [0.05, 0.1) is 23.6 Å². The van der Waals surface area contributed by atoms with Crippen LogP contribution in [0.3, 0.4) is 0 Å². The molecule has 3 atom stereocenters. The molecule has 1 aliphatic rings. The van der Waals surface area contributed by atoms with Crippen LogP contribution in [0, 0.1) is 5.92 Å². The highest BCUT2D eigenvalue weighted by atomic mass is 19.4. The van der Waals surface area contributed by atoms with Crippen LogP contribution in [0.5, 0.6) is 0 Å². The van der Waals surface area contributed by atoms with Crippen LogP contribution < -0.4 is 16.0 Å². The number of fused-ring (bicyclic) bond motifs is 3. The van der Waals surface area contributed by atoms with Crippen molar-refractivity contribution < 1.29 is 27.6 Å². The van der Waals surface area contributed by atoms with Crippen LogP contribution in [0.25, 0.3) is 11.1 Å². The van der Waals surface area contributed by atoms with Gasteiger partial charge in [-0.15, -0.1) is 0 Å². The second-order valence-corrected chi connectivity index (χ2v) is 10.3. The highest BCUT2D eigenvalue weighted by Crippen LogP contribution is 2.44. The number of carbonyl (C=O) groups is 3. The zero-order chi connectivity index (χ0) is 29.2. The molecule has 0 fully saturated rings. The largest absolute Gasteiger partial charge is 0.416 e. The van der Waals surface area contributed by atoms with E-state index in [9.17, 15) is 27.6 Å². The van der Waals surface area contributed by atoms with Crippen molar-refractivity contribution >= 4 is 29.1 Å². The minimum atomic E-state index is -4.54. The first kappa shape index (κ1) is 28.9. The van der Waals surface area contributed by atoms with E-state index in [1.54, 1.807) is 25.1 Å². The van der Waals surface area contributed by atoms with Gasteiger partial charge >= 0.3 is 6.18 Å². The van der Waals surface area contributed by atoms with Crippen molar-refractivity contribution in [3.63, 3.8) is 0 Å². The third-order valence-electron chi connectivity index (χ3n) is 7.41. The Morgan fingerprint density at radius 2 is 1.75 bits per heavy atom. The van der Waals surface area contributed by atoms with Crippen molar-refractivity contribution in [2.75, 3.05) is 10.6 Å². The van der Waals surface area contributed by atoms with Crippen molar-refractivity contribution in [1.29, 1.82) is 0 Å². The fourth-order valence-electron chi connectivity index (χ4n) is 5.05. The Hall–Kier alpha value is -4.14. The van der Waals surface area contributed by atoms with Gasteiger partial charge in [0.25, 0.3) is 5.91 Å². The van der Waals surface area contributed by atoms with Crippen LogP contribution in [-0.2, 0) is 27.0 Å². The molecule has 1 heterocycles. The molecule has 0 bridgehead atoms. The Balaban J connectivity index is 1.70. The Morgan fingerprint density at radius 3 is 2.45 bits per heavy atom. The van der Waals surface area contributed by atoms with Crippen LogP contribution in [-0.4, -0.2) is 23.8 Å². The smallest absolute Gasteiger partial charge is 0.398 e. The highest BCUT2D eigenvalue weighted by molar-refractivity contribution is 6.22. The van der Waals surface area contributed by atoms with Crippen LogP contribution in [0.1, 0.15) is 56.2 Å². The lowest BCUT2D eigenvalue weighted by Crippen LogP contribution is -2.52. The van der Waals surface area contributed by atoms with Gasteiger partial charge in [0.15, 0.2) is 0 Å². The van der Waals surface area contributed by atoms with Crippen LogP contribution in [0.15, 0.2) is 66.7 Å². The summed E-state index contributed by atoms with van der Waals surface area (Å²) >= 11 is 0. The number of rotatable bonds is 7. The number of amides is 3. The number of hydrogen-bond donors (Lipinski definition) is 2. The molecule has 4 rings (SSSR count). The lowest BCUT2D eigenvalue weighted by Gasteiger charge is -2.29. The van der Waals surface area contributed by atoms with E-state index in [-0.39, 0.29) is 24.3 Å². The fourth-order valence-corrected chi connectivity index (χ4v) is 5.05. The van der Waals surface area contributed by atoms with Crippen LogP contribution >= 0.6 is 0 Å². The van der Waals surface area contributed by atoms with Gasteiger partial charge in [0, 0.05) is 11.3 Å². The van der Waals surface area contributed by atoms with Gasteiger partial charge in [-0.1, -0.05) is 68.8 Å². The monoisotopic (exact) mass is 551 g/mol. The average Bonchev–Trinajstić information content (AvgIpc) is 3.00. The summed E-state index contributed by atoms with van der Waals surface area (Å²) in [7, 11) is 0. The number of nitrogen functional groups attached to an aromatic ring is 1. The number of anilines is 2. The molecular formula is C31H32F3N3O3. The van der Waals surface area contributed by atoms with Gasteiger partial charge in [-0.3, -0.25) is 14.4 Å². The summed E-state index contributed by atoms with van der Waals surface area (Å²) in [4.78, 5) is 42.2. The number of hydrogen-bond acceptors (Lipinski definition) is 4. The topological polar surface area (TPSA) is 92.5 Å². The summed E-state index contributed by atoms with van der Waals surface area (Å²) < 4.78 is 39.5. The summed E-state index contributed by atoms with van der Waals surface area (Å²) in [6, 6.07) is 15.8. The van der Waals surface area contributed by atoms with E-state index in [2.05, 4.69) is 5.32 Å². The molecule has 2 unspecified atom stereocenters. The summed E-state index contributed by atoms with van der Waals surface area (Å²) in [6.45, 7) is 5.59. The van der Waals surface area contributed by atoms with Gasteiger partial charge in [0.1, 0.15) is 6.04 Å². The lowest BCUT2D eigenvalue weighted by molar-refractivity contribution is -0.137. The van der Waals surface area contributed by atoms with E-state index >= 15 is 0 Å². The quantitative estimate of drug-likeness (QED) is 0.348. The minimum absolute atomic E-state index is 0.0137. The molecule has 0 spiro atoms. The van der Waals surface area contributed by atoms with E-state index in [1.165, 1.54) is 12.1 Å². The number of nitrogens with zero attached hydrogens (tertiary/aromatic N) is 1. The first-order valence-corrected chi connectivity index (χ1v) is 13.2. The number of alkyl halides is 3. The predicted molar refractivity (Wildman–Crippen MR) is 148 cm³/mol. The third kappa shape index (κ3) is 5.88. The van der Waals surface area contributed by atoms with Gasteiger partial charge < -0.3 is 11.1 Å². The number of nitrogens with two attached hydrogens (primary N) is 1. The Kier molecular flexibility index (Phi) is 8.32. The molecule has 3 aromatic carbocycles. The molecule has 0 aromatic heterocycles. The summed E-state index contributed by atoms with van der Waals surface area (Å²) in [5.74, 6) is -2.35. The van der Waals surface area contributed by atoms with Gasteiger partial charge in [-0.25, -0.2) is 4.90 Å². The molecule has 3 aromatic rings. The summed E-state index contributed by atoms with van der Waals surface area (Å²) in [6.07, 6.45) is -3.94. The van der Waals surface area contributed by atoms with Gasteiger partial charge in [0.2, 0.25) is 11.8 Å². The molecule has 210 valence electrons. The maximum absolute atomic E-state index is 14.2. The first-order chi connectivity index (χ1) is 18.9. The lowest BCUT2D eigenvalue weighted by atomic mass is 9.92. The summed E-state index contributed by atoms with van der Waals surface area (Å²) in [5.41, 5.74) is 8.43. The number of nitrogens with one attached hydrogen (secondary N) is 1. The maximum Gasteiger partial charge on any atom is 0.416 e. The Labute approximate surface area is 231 Å². The van der Waals surface area contributed by atoms with E-state index in [1.807, 2.05) is 38.1 Å². The molecule has 9 heteroatoms. The van der Waals surface area contributed by atoms with E-state index < -0.39 is 41.4 Å². The van der Waals surface area contributed by atoms with E-state index in [0.717, 1.165) is 28.2 Å². The fraction of sp³-hybridized carbons (Fsp3) is 0.323. The normalized spacial score (nSPS) is 16.4. The Morgan fingerprint density at radius 1 is 1.05 bits per heavy atom. The van der Waals surface area contributed by atoms with Crippen LogP contribution in [0.2, 0.25) is 0 Å². The predicted octanol–water partition coefficient (Wildman–Crippen LogP) is 6.10. The number of carbonyl (C=O) groups excluding carboxylic acids is 3. The second-order valence-electron chi connectivity index (χ2n) is 10.3. The van der Waals surface area contributed by atoms with Gasteiger partial charge in [-0.05, 0) is 54.2 Å². The molecule has 3 amide bonds. The number of halogens is 3. The standard InChI is InChI=1S/C31H32F3N3O3/c1-4-18(2)15-25(36-27(38)17-20-9-7-10-21(16-20)31(32,33)34)30(40)37-26-14-8-13-24(35)28(26)23-12-6-5-11-22(23)19(3)29(37)39/h5-14,16,18-19,25H,4,15,17,35H2,1-3H3,(H,36,38)/t18?,19?,25-/m0/s1. The molecule has 0 saturated heterocycles. The Bertz CT molecular complexity index is 1440. The molecule has 3 N–H and O–H groups in total. The molecule has 0 saturated carbocycles. The molecule has 40 heavy (non-hydrogen) atoms. The zero-order valence-corrected chi connectivity index (χ0v) is 22.6.